The maximum Gasteiger partial charge on any atom is 0.418 e. The average molecular weight is 837 g/mol. The molecule has 0 unspecified atom stereocenters. The van der Waals surface area contributed by atoms with Crippen molar-refractivity contribution in [3.63, 3.8) is 0 Å². The Hall–Kier alpha value is -4.84. The summed E-state index contributed by atoms with van der Waals surface area (Å²) in [5.41, 5.74) is 1.97. The summed E-state index contributed by atoms with van der Waals surface area (Å²) in [5.74, 6) is -2.82. The second-order valence-corrected chi connectivity index (χ2v) is 15.5. The van der Waals surface area contributed by atoms with Gasteiger partial charge in [0.1, 0.15) is 40.7 Å². The predicted octanol–water partition coefficient (Wildman–Crippen LogP) is 5.43. The van der Waals surface area contributed by atoms with Gasteiger partial charge in [0.2, 0.25) is 5.91 Å². The number of amides is 3. The van der Waals surface area contributed by atoms with Crippen LogP contribution in [0.5, 0.6) is 5.75 Å². The zero-order valence-corrected chi connectivity index (χ0v) is 34.1. The van der Waals surface area contributed by atoms with Crippen molar-refractivity contribution in [2.24, 2.45) is 5.92 Å². The summed E-state index contributed by atoms with van der Waals surface area (Å²) in [6.45, 7) is 6.52. The van der Waals surface area contributed by atoms with Gasteiger partial charge in [-0.15, -0.1) is 0 Å². The molecule has 14 nitrogen and oxygen atoms in total. The summed E-state index contributed by atoms with van der Waals surface area (Å²) in [7, 11) is 5.53. The number of carbonyl (C=O) groups excluding carboxylic acids is 4. The summed E-state index contributed by atoms with van der Waals surface area (Å²) < 4.78 is 69.7. The van der Waals surface area contributed by atoms with E-state index in [0.717, 1.165) is 28.2 Å². The number of ether oxygens (including phenoxy) is 5. The van der Waals surface area contributed by atoms with Crippen LogP contribution in [0.4, 0.5) is 29.3 Å². The number of alkyl halides is 3. The van der Waals surface area contributed by atoms with Crippen molar-refractivity contribution in [3.05, 3.63) is 75.8 Å². The van der Waals surface area contributed by atoms with E-state index in [1.165, 1.54) is 40.1 Å². The molecular formula is C40H48ClF3N4O10. The molecule has 316 valence electrons. The van der Waals surface area contributed by atoms with E-state index in [4.69, 9.17) is 41.0 Å². The van der Waals surface area contributed by atoms with Crippen LogP contribution in [0.3, 0.4) is 0 Å². The van der Waals surface area contributed by atoms with Crippen molar-refractivity contribution in [1.29, 1.82) is 0 Å². The van der Waals surface area contributed by atoms with Crippen molar-refractivity contribution < 1.29 is 61.1 Å². The minimum absolute atomic E-state index is 0.136. The summed E-state index contributed by atoms with van der Waals surface area (Å²) in [4.78, 5) is 56.5. The summed E-state index contributed by atoms with van der Waals surface area (Å²) >= 11 is 6.73. The van der Waals surface area contributed by atoms with Gasteiger partial charge in [-0.3, -0.25) is 14.9 Å². The van der Waals surface area contributed by atoms with Crippen LogP contribution in [0.1, 0.15) is 62.0 Å². The van der Waals surface area contributed by atoms with E-state index in [1.54, 1.807) is 38.1 Å². The fourth-order valence-electron chi connectivity index (χ4n) is 7.32. The van der Waals surface area contributed by atoms with Gasteiger partial charge >= 0.3 is 18.2 Å². The van der Waals surface area contributed by atoms with Gasteiger partial charge in [0.05, 0.1) is 30.9 Å². The monoisotopic (exact) mass is 836 g/mol. The highest BCUT2D eigenvalue weighted by atomic mass is 35.5. The van der Waals surface area contributed by atoms with Gasteiger partial charge in [0, 0.05) is 44.8 Å². The van der Waals surface area contributed by atoms with E-state index in [9.17, 15) is 37.5 Å². The molecular weight excluding hydrogens is 789 g/mol. The first-order chi connectivity index (χ1) is 27.0. The maximum absolute atomic E-state index is 14.2. The van der Waals surface area contributed by atoms with Gasteiger partial charge in [-0.25, -0.2) is 9.59 Å². The summed E-state index contributed by atoms with van der Waals surface area (Å²) in [6.07, 6.45) is -4.93. The highest BCUT2D eigenvalue weighted by Crippen LogP contribution is 2.49. The Morgan fingerprint density at radius 3 is 2.52 bits per heavy atom. The van der Waals surface area contributed by atoms with Gasteiger partial charge in [0.15, 0.2) is 5.72 Å². The molecule has 3 amide bonds. The zero-order valence-electron chi connectivity index (χ0n) is 33.3. The van der Waals surface area contributed by atoms with Gasteiger partial charge in [-0.05, 0) is 63.1 Å². The van der Waals surface area contributed by atoms with Crippen LogP contribution >= 0.6 is 11.6 Å². The van der Waals surface area contributed by atoms with Crippen LogP contribution in [0.15, 0.2) is 54.1 Å². The number of methoxy groups -OCH3 is 2. The van der Waals surface area contributed by atoms with Crippen molar-refractivity contribution in [1.82, 2.24) is 10.2 Å². The fourth-order valence-corrected chi connectivity index (χ4v) is 7.63. The number of aliphatic hydroxyl groups is 1. The quantitative estimate of drug-likeness (QED) is 0.192. The molecule has 2 aromatic carbocycles. The molecule has 58 heavy (non-hydrogen) atoms. The number of benzene rings is 2. The molecule has 3 aliphatic rings. The lowest BCUT2D eigenvalue weighted by Gasteiger charge is -2.42. The van der Waals surface area contributed by atoms with E-state index in [-0.39, 0.29) is 17.0 Å². The van der Waals surface area contributed by atoms with Crippen LogP contribution in [0.25, 0.3) is 0 Å². The van der Waals surface area contributed by atoms with Crippen LogP contribution < -0.4 is 20.7 Å². The highest BCUT2D eigenvalue weighted by Gasteiger charge is 2.64. The van der Waals surface area contributed by atoms with Crippen molar-refractivity contribution in [2.45, 2.75) is 94.9 Å². The molecule has 0 aliphatic carbocycles. The molecule has 3 heterocycles. The lowest BCUT2D eigenvalue weighted by atomic mass is 9.83. The van der Waals surface area contributed by atoms with E-state index in [2.05, 4.69) is 5.32 Å². The maximum atomic E-state index is 14.2. The Kier molecular flexibility index (Phi) is 12.8. The number of halogens is 4. The van der Waals surface area contributed by atoms with Gasteiger partial charge in [-0.2, -0.15) is 13.2 Å². The second-order valence-electron chi connectivity index (χ2n) is 15.1. The first-order valence-corrected chi connectivity index (χ1v) is 18.8. The van der Waals surface area contributed by atoms with E-state index >= 15 is 0 Å². The lowest BCUT2D eigenvalue weighted by molar-refractivity contribution is -0.158. The van der Waals surface area contributed by atoms with Crippen molar-refractivity contribution in [3.8, 4) is 5.75 Å². The number of carbonyl (C=O) groups is 4. The third-order valence-electron chi connectivity index (χ3n) is 11.1. The first-order valence-electron chi connectivity index (χ1n) is 18.4. The standard InChI is InChI=1S/C40H48ClF3N4O10/c1-20-10-9-11-30(55-8)39(53)19-29(56-37(52)46-39)21(2)34-38(4,58-34)31(18-32(49)48(6)27-15-23(14-20)16-28(54-7)33(27)41)57-36(51)22(3)47(5)35(50)24-12-13-26(45)25(17-24)40(42,43)44/h9-13,15-17,21-22,29-31,34,53H,14,18-19,45H2,1-8H3,(H,46,52)/b11-9+,20-10+/t21-,22+,29+,30-,31+,34+,38+,39+/m1/s1. The SMILES string of the molecule is COc1cc2cc(c1Cl)N(C)C(=O)C[C@H](OC(=O)[C@H](C)N(C)C(=O)c1ccc(N)c(C(F)(F)F)c1)[C@]1(C)O[C@H]1[C@H](C)[C@@H]1C[C@@](O)(NC(=O)O1)[C@H](OC)/C=C/C=C(\C)C2. The average Bonchev–Trinajstić information content (AvgIpc) is 3.86. The Balaban J connectivity index is 1.51. The topological polar surface area (TPSA) is 182 Å². The van der Waals surface area contributed by atoms with Crippen LogP contribution in [0, 0.1) is 5.92 Å². The largest absolute Gasteiger partial charge is 0.495 e. The first kappa shape index (κ1) is 44.3. The number of fused-ring (bicyclic) bond motifs is 5. The van der Waals surface area contributed by atoms with Crippen LogP contribution in [-0.2, 0) is 41.1 Å². The number of nitrogens with zero attached hydrogens (tertiary/aromatic N) is 2. The van der Waals surface area contributed by atoms with Crippen molar-refractivity contribution in [2.75, 3.05) is 38.9 Å². The number of hydrogen-bond donors (Lipinski definition) is 3. The lowest BCUT2D eigenvalue weighted by Crippen LogP contribution is -2.63. The molecule has 18 heteroatoms. The molecule has 2 saturated heterocycles. The van der Waals surface area contributed by atoms with E-state index < -0.39 is 95.4 Å². The molecule has 4 bridgehead atoms. The molecule has 0 radical (unpaired) electrons. The Morgan fingerprint density at radius 2 is 1.88 bits per heavy atom. The molecule has 4 N–H and O–H groups in total. The molecule has 5 rings (SSSR count). The number of nitrogens with two attached hydrogens (primary N) is 1. The number of nitrogens with one attached hydrogen (secondary N) is 1. The second kappa shape index (κ2) is 16.8. The zero-order chi connectivity index (χ0) is 43.1. The van der Waals surface area contributed by atoms with E-state index in [1.807, 2.05) is 13.0 Å². The Morgan fingerprint density at radius 1 is 1.19 bits per heavy atom. The third kappa shape index (κ3) is 9.07. The predicted molar refractivity (Wildman–Crippen MR) is 206 cm³/mol. The normalized spacial score (nSPS) is 29.8. The smallest absolute Gasteiger partial charge is 0.418 e. The summed E-state index contributed by atoms with van der Waals surface area (Å²) in [6, 6.07) is 4.75. The number of epoxide rings is 1. The summed E-state index contributed by atoms with van der Waals surface area (Å²) in [5, 5.41) is 14.3. The van der Waals surface area contributed by atoms with Gasteiger partial charge in [-0.1, -0.05) is 42.3 Å². The van der Waals surface area contributed by atoms with Crippen molar-refractivity contribution >= 4 is 46.9 Å². The number of nitrogen functional groups attached to an aromatic ring is 1. The number of likely N-dealkylation sites (N-methyl/N-ethyl adjacent to an activating group) is 1. The van der Waals surface area contributed by atoms with Crippen LogP contribution in [-0.4, -0.2) is 104 Å². The fraction of sp³-hybridized carbons (Fsp3) is 0.500. The van der Waals surface area contributed by atoms with Gasteiger partial charge in [0.25, 0.3) is 5.91 Å². The van der Waals surface area contributed by atoms with E-state index in [0.29, 0.717) is 23.9 Å². The number of anilines is 2. The van der Waals surface area contributed by atoms with Gasteiger partial charge < -0.3 is 44.3 Å². The molecule has 3 aliphatic heterocycles. The number of esters is 1. The molecule has 0 spiro atoms. The minimum Gasteiger partial charge on any atom is -0.495 e. The highest BCUT2D eigenvalue weighted by molar-refractivity contribution is 6.35. The Labute approximate surface area is 339 Å². The number of hydrogen-bond acceptors (Lipinski definition) is 11. The third-order valence-corrected chi connectivity index (χ3v) is 11.4. The minimum atomic E-state index is -4.83. The Bertz CT molecular complexity index is 2010. The van der Waals surface area contributed by atoms with Crippen LogP contribution in [0.2, 0.25) is 5.02 Å². The molecule has 0 saturated carbocycles. The molecule has 2 aromatic rings. The molecule has 0 aromatic heterocycles. The molecule has 2 fully saturated rings. The molecule has 8 atom stereocenters. The number of alkyl carbamates (subject to hydrolysis) is 1. The number of rotatable bonds is 6. The number of allylic oxidation sites excluding steroid dienone is 3.